The maximum atomic E-state index is 13.2. The molecule has 0 spiro atoms. The van der Waals surface area contributed by atoms with Gasteiger partial charge in [-0.3, -0.25) is 19.3 Å². The monoisotopic (exact) mass is 574 g/mol. The van der Waals surface area contributed by atoms with Gasteiger partial charge in [0, 0.05) is 41.8 Å². The number of thiazole rings is 1. The lowest BCUT2D eigenvalue weighted by Crippen LogP contribution is -2.71. The van der Waals surface area contributed by atoms with Gasteiger partial charge < -0.3 is 31.4 Å². The lowest BCUT2D eigenvalue weighted by Gasteiger charge is -2.49. The van der Waals surface area contributed by atoms with Crippen LogP contribution in [0.4, 0.5) is 5.13 Å². The van der Waals surface area contributed by atoms with Crippen molar-refractivity contribution in [1.82, 2.24) is 20.5 Å². The smallest absolute Gasteiger partial charge is 0.352 e. The summed E-state index contributed by atoms with van der Waals surface area (Å²) in [5, 5.41) is 29.3. The molecule has 2 aromatic heterocycles. The summed E-state index contributed by atoms with van der Waals surface area (Å²) in [6, 6.07) is 2.43. The van der Waals surface area contributed by atoms with Gasteiger partial charge in [-0.2, -0.15) is 0 Å². The summed E-state index contributed by atoms with van der Waals surface area (Å²) < 4.78 is 1.76. The van der Waals surface area contributed by atoms with Gasteiger partial charge in [0.1, 0.15) is 22.8 Å². The molecule has 5 heterocycles. The zero-order valence-electron chi connectivity index (χ0n) is 20.3. The molecular formula is C23H24N7O7S2+. The van der Waals surface area contributed by atoms with E-state index >= 15 is 0 Å². The summed E-state index contributed by atoms with van der Waals surface area (Å²) in [6.07, 6.45) is 2.96. The number of aliphatic hydroxyl groups excluding tert-OH is 1. The number of pyridine rings is 1. The van der Waals surface area contributed by atoms with Gasteiger partial charge in [-0.1, -0.05) is 5.16 Å². The van der Waals surface area contributed by atoms with Gasteiger partial charge in [0.25, 0.3) is 17.7 Å². The van der Waals surface area contributed by atoms with Crippen LogP contribution in [0, 0.1) is 0 Å². The lowest BCUT2D eigenvalue weighted by molar-refractivity contribution is -0.689. The number of thioether (sulfide) groups is 1. The van der Waals surface area contributed by atoms with E-state index in [1.54, 1.807) is 29.1 Å². The number of amides is 3. The Morgan fingerprint density at radius 3 is 2.72 bits per heavy atom. The summed E-state index contributed by atoms with van der Waals surface area (Å²) in [5.41, 5.74) is 6.70. The third-order valence-corrected chi connectivity index (χ3v) is 8.32. The number of nitrogens with one attached hydrogen (secondary N) is 2. The number of aliphatic carboxylic acids is 1. The number of nitrogen functional groups attached to an aromatic ring is 1. The highest BCUT2D eigenvalue weighted by Crippen LogP contribution is 2.40. The predicted octanol–water partition coefficient (Wildman–Crippen LogP) is -1.45. The Bertz CT molecular complexity index is 1390. The van der Waals surface area contributed by atoms with Crippen LogP contribution in [0.1, 0.15) is 17.7 Å². The first-order chi connectivity index (χ1) is 18.8. The zero-order chi connectivity index (χ0) is 27.7. The fourth-order valence-corrected chi connectivity index (χ4v) is 6.21. The summed E-state index contributed by atoms with van der Waals surface area (Å²) >= 11 is 2.41. The quantitative estimate of drug-likeness (QED) is 0.102. The molecule has 14 nitrogen and oxygen atoms in total. The molecule has 3 atom stereocenters. The van der Waals surface area contributed by atoms with Crippen LogP contribution in [0.3, 0.4) is 0 Å². The molecule has 2 fully saturated rings. The molecule has 204 valence electrons. The van der Waals surface area contributed by atoms with E-state index in [0.717, 1.165) is 11.3 Å². The topological polar surface area (TPSA) is 200 Å². The second-order valence-corrected chi connectivity index (χ2v) is 10.8. The van der Waals surface area contributed by atoms with Crippen molar-refractivity contribution in [3.63, 3.8) is 0 Å². The molecule has 16 heteroatoms. The number of carbonyl (C=O) groups excluding carboxylic acids is 3. The second kappa shape index (κ2) is 11.0. The predicted molar refractivity (Wildman–Crippen MR) is 138 cm³/mol. The number of fused-ring (bicyclic) bond motifs is 1. The normalized spacial score (nSPS) is 22.7. The van der Waals surface area contributed by atoms with Gasteiger partial charge in [-0.15, -0.1) is 23.1 Å². The minimum absolute atomic E-state index is 0.110. The van der Waals surface area contributed by atoms with Crippen molar-refractivity contribution in [2.75, 3.05) is 18.0 Å². The average molecular weight is 575 g/mol. The molecule has 2 saturated heterocycles. The molecule has 3 aliphatic rings. The van der Waals surface area contributed by atoms with Crippen LogP contribution in [-0.4, -0.2) is 79.3 Å². The standard InChI is InChI=1S/C23H23N7O7S2/c24-23-26-13(10-39-23)15(28-37-14-1-4-25-18(14)32)19(33)27-16-20(34)30-17(22(35)36)12(9-38-21(16)30)7-29-5-2-11(8-31)3-6-29/h2-3,5-6,10,14,16,21,31H,1,4,7-9H2,(H4-,24,25,26,27,32,33,35,36)/p+1/t14?,16-,21+/m1/s1. The molecule has 0 bridgehead atoms. The van der Waals surface area contributed by atoms with Crippen molar-refractivity contribution in [3.8, 4) is 0 Å². The van der Waals surface area contributed by atoms with Crippen molar-refractivity contribution in [3.05, 3.63) is 52.4 Å². The number of carbonyl (C=O) groups is 4. The molecule has 1 unspecified atom stereocenters. The summed E-state index contributed by atoms with van der Waals surface area (Å²) in [5.74, 6) is -2.64. The zero-order valence-corrected chi connectivity index (χ0v) is 21.9. The number of aromatic nitrogens is 2. The largest absolute Gasteiger partial charge is 0.477 e. The van der Waals surface area contributed by atoms with Gasteiger partial charge in [0.15, 0.2) is 29.8 Å². The molecule has 0 saturated carbocycles. The van der Waals surface area contributed by atoms with E-state index in [-0.39, 0.29) is 41.3 Å². The molecule has 3 amide bonds. The number of anilines is 1. The summed E-state index contributed by atoms with van der Waals surface area (Å²) in [7, 11) is 0. The van der Waals surface area contributed by atoms with Gasteiger partial charge in [-0.25, -0.2) is 14.3 Å². The highest BCUT2D eigenvalue weighted by Gasteiger charge is 2.54. The summed E-state index contributed by atoms with van der Waals surface area (Å²) in [4.78, 5) is 60.9. The van der Waals surface area contributed by atoms with Gasteiger partial charge >= 0.3 is 5.97 Å². The molecule has 2 aromatic rings. The van der Waals surface area contributed by atoms with Gasteiger partial charge in [0.2, 0.25) is 6.10 Å². The Labute approximate surface area is 229 Å². The van der Waals surface area contributed by atoms with E-state index in [0.29, 0.717) is 29.9 Å². The molecule has 0 aromatic carbocycles. The second-order valence-electron chi connectivity index (χ2n) is 8.84. The van der Waals surface area contributed by atoms with Crippen LogP contribution in [0.15, 0.2) is 46.3 Å². The number of aliphatic hydroxyl groups is 1. The average Bonchev–Trinajstić information content (AvgIpc) is 3.54. The van der Waals surface area contributed by atoms with Crippen LogP contribution in [0.5, 0.6) is 0 Å². The highest BCUT2D eigenvalue weighted by atomic mass is 32.2. The number of hydrogen-bond acceptors (Lipinski definition) is 11. The fourth-order valence-electron chi connectivity index (χ4n) is 4.32. The molecule has 6 N–H and O–H groups in total. The number of carboxylic acid groups (broad SMARTS) is 1. The first-order valence-electron chi connectivity index (χ1n) is 11.8. The van der Waals surface area contributed by atoms with Crippen molar-refractivity contribution in [1.29, 1.82) is 0 Å². The first-order valence-corrected chi connectivity index (χ1v) is 13.7. The van der Waals surface area contributed by atoms with E-state index in [2.05, 4.69) is 20.8 Å². The number of nitrogens with two attached hydrogens (primary N) is 1. The van der Waals surface area contributed by atoms with E-state index in [1.165, 1.54) is 22.0 Å². The Morgan fingerprint density at radius 2 is 2.10 bits per heavy atom. The van der Waals surface area contributed by atoms with Crippen molar-refractivity contribution >= 4 is 57.6 Å². The Balaban J connectivity index is 1.33. The number of hydrogen-bond donors (Lipinski definition) is 5. The summed E-state index contributed by atoms with van der Waals surface area (Å²) in [6.45, 7) is 0.548. The molecule has 3 aliphatic heterocycles. The van der Waals surface area contributed by atoms with Crippen LogP contribution in [0.25, 0.3) is 0 Å². The molecule has 39 heavy (non-hydrogen) atoms. The van der Waals surface area contributed by atoms with E-state index in [9.17, 15) is 29.4 Å². The van der Waals surface area contributed by atoms with Crippen LogP contribution < -0.4 is 20.9 Å². The molecule has 0 aliphatic carbocycles. The van der Waals surface area contributed by atoms with Gasteiger partial charge in [0.05, 0.1) is 6.61 Å². The van der Waals surface area contributed by atoms with E-state index in [1.807, 2.05) is 0 Å². The fraction of sp³-hybridized carbons (Fsp3) is 0.348. The number of β-lactam (4-membered cyclic amide) rings is 1. The molecular weight excluding hydrogens is 550 g/mol. The Kier molecular flexibility index (Phi) is 7.49. The maximum absolute atomic E-state index is 13.2. The van der Waals surface area contributed by atoms with Gasteiger partial charge in [-0.05, 0) is 5.56 Å². The Hall–Kier alpha value is -4.02. The van der Waals surface area contributed by atoms with Crippen molar-refractivity contribution in [2.45, 2.75) is 37.1 Å². The third-order valence-electron chi connectivity index (χ3n) is 6.30. The van der Waals surface area contributed by atoms with E-state index in [4.69, 9.17) is 10.6 Å². The maximum Gasteiger partial charge on any atom is 0.352 e. The van der Waals surface area contributed by atoms with Crippen molar-refractivity contribution in [2.24, 2.45) is 5.16 Å². The van der Waals surface area contributed by atoms with Crippen LogP contribution in [-0.2, 0) is 37.2 Å². The van der Waals surface area contributed by atoms with E-state index < -0.39 is 35.3 Å². The van der Waals surface area contributed by atoms with Crippen molar-refractivity contribution < 1.29 is 38.8 Å². The molecule has 0 radical (unpaired) electrons. The van der Waals surface area contributed by atoms with Crippen LogP contribution in [0.2, 0.25) is 0 Å². The first kappa shape index (κ1) is 26.6. The lowest BCUT2D eigenvalue weighted by atomic mass is 10.0. The molecule has 5 rings (SSSR count). The minimum atomic E-state index is -1.25. The third kappa shape index (κ3) is 5.30. The number of rotatable bonds is 9. The number of oxime groups is 1. The van der Waals surface area contributed by atoms with Crippen LogP contribution >= 0.6 is 23.1 Å². The number of nitrogens with zero attached hydrogens (tertiary/aromatic N) is 4. The Morgan fingerprint density at radius 1 is 1.33 bits per heavy atom. The highest BCUT2D eigenvalue weighted by molar-refractivity contribution is 8.00. The SMILES string of the molecule is Nc1nc(C(=NOC2CCNC2=O)C(=O)N[C@@H]2C(=O)N3C(C(=O)O)=C(C[n+]4ccc(CO)cc4)CS[C@@H]23)cs1. The number of carboxylic acids is 1. The minimum Gasteiger partial charge on any atom is -0.477 e.